The largest absolute Gasteiger partial charge is 0.508 e. The molecule has 1 heterocycles. The number of rotatable bonds is 3. The first-order valence-electron chi connectivity index (χ1n) is 5.98. The molecule has 0 spiro atoms. The Morgan fingerprint density at radius 2 is 1.85 bits per heavy atom. The molecule has 5 heteroatoms. The highest BCUT2D eigenvalue weighted by molar-refractivity contribution is 5.36. The van der Waals surface area contributed by atoms with Crippen LogP contribution in [0.5, 0.6) is 17.2 Å². The Bertz CT molecular complexity index is 723. The van der Waals surface area contributed by atoms with Crippen molar-refractivity contribution in [2.45, 2.75) is 0 Å². The van der Waals surface area contributed by atoms with Crippen LogP contribution in [0, 0.1) is 5.82 Å². The highest BCUT2D eigenvalue weighted by atomic mass is 19.1. The minimum Gasteiger partial charge on any atom is -0.508 e. The van der Waals surface area contributed by atoms with Crippen LogP contribution in [0.2, 0.25) is 0 Å². The van der Waals surface area contributed by atoms with E-state index in [1.807, 2.05) is 0 Å². The van der Waals surface area contributed by atoms with Crippen LogP contribution in [0.4, 0.5) is 4.39 Å². The van der Waals surface area contributed by atoms with Gasteiger partial charge in [-0.05, 0) is 42.5 Å². The maximum atomic E-state index is 13.1. The molecule has 2 aromatic carbocycles. The molecule has 0 radical (unpaired) electrons. The SMILES string of the molecule is Oc1ccc(Oc2cnn(-c3cccc(F)c3)c2)cc1. The number of aromatic hydroxyl groups is 1. The Morgan fingerprint density at radius 1 is 1.05 bits per heavy atom. The molecule has 3 aromatic rings. The zero-order chi connectivity index (χ0) is 13.9. The summed E-state index contributed by atoms with van der Waals surface area (Å²) in [6.45, 7) is 0. The van der Waals surface area contributed by atoms with Crippen molar-refractivity contribution in [3.05, 3.63) is 66.7 Å². The smallest absolute Gasteiger partial charge is 0.165 e. The lowest BCUT2D eigenvalue weighted by atomic mass is 10.3. The third-order valence-corrected chi connectivity index (χ3v) is 2.70. The summed E-state index contributed by atoms with van der Waals surface area (Å²) in [5, 5.41) is 13.3. The van der Waals surface area contributed by atoms with Crippen LogP contribution in [-0.2, 0) is 0 Å². The summed E-state index contributed by atoms with van der Waals surface area (Å²) >= 11 is 0. The van der Waals surface area contributed by atoms with E-state index in [4.69, 9.17) is 4.74 Å². The van der Waals surface area contributed by atoms with E-state index >= 15 is 0 Å². The summed E-state index contributed by atoms with van der Waals surface area (Å²) in [5.41, 5.74) is 0.616. The van der Waals surface area contributed by atoms with Crippen LogP contribution < -0.4 is 4.74 Å². The van der Waals surface area contributed by atoms with Gasteiger partial charge in [-0.15, -0.1) is 0 Å². The van der Waals surface area contributed by atoms with Gasteiger partial charge in [-0.2, -0.15) is 5.10 Å². The topological polar surface area (TPSA) is 47.3 Å². The molecule has 0 bridgehead atoms. The van der Waals surface area contributed by atoms with Gasteiger partial charge in [-0.1, -0.05) is 6.07 Å². The molecule has 20 heavy (non-hydrogen) atoms. The number of ether oxygens (including phenoxy) is 1. The summed E-state index contributed by atoms with van der Waals surface area (Å²) in [5.74, 6) is 0.966. The van der Waals surface area contributed by atoms with Crippen LogP contribution in [0.1, 0.15) is 0 Å². The van der Waals surface area contributed by atoms with E-state index in [1.54, 1.807) is 30.5 Å². The molecule has 0 saturated carbocycles. The molecule has 1 aromatic heterocycles. The number of phenols is 1. The normalized spacial score (nSPS) is 10.4. The summed E-state index contributed by atoms with van der Waals surface area (Å²) in [6.07, 6.45) is 3.19. The van der Waals surface area contributed by atoms with Gasteiger partial charge in [0, 0.05) is 0 Å². The molecule has 1 N–H and O–H groups in total. The first kappa shape index (κ1) is 12.2. The molecule has 0 unspecified atom stereocenters. The van der Waals surface area contributed by atoms with Gasteiger partial charge in [0.25, 0.3) is 0 Å². The third-order valence-electron chi connectivity index (χ3n) is 2.70. The van der Waals surface area contributed by atoms with Crippen molar-refractivity contribution >= 4 is 0 Å². The summed E-state index contributed by atoms with van der Waals surface area (Å²) < 4.78 is 20.3. The van der Waals surface area contributed by atoms with Crippen molar-refractivity contribution in [2.24, 2.45) is 0 Å². The lowest BCUT2D eigenvalue weighted by molar-refractivity contribution is 0.464. The third kappa shape index (κ3) is 2.61. The van der Waals surface area contributed by atoms with Gasteiger partial charge in [0.05, 0.1) is 18.1 Å². The Labute approximate surface area is 114 Å². The Hall–Kier alpha value is -2.82. The molecule has 0 aliphatic heterocycles. The van der Waals surface area contributed by atoms with Gasteiger partial charge in [0.2, 0.25) is 0 Å². The Morgan fingerprint density at radius 3 is 2.60 bits per heavy atom. The predicted molar refractivity (Wildman–Crippen MR) is 71.7 cm³/mol. The Balaban J connectivity index is 1.82. The molecule has 100 valence electrons. The predicted octanol–water partition coefficient (Wildman–Crippen LogP) is 3.51. The first-order chi connectivity index (χ1) is 9.70. The van der Waals surface area contributed by atoms with Gasteiger partial charge in [0.1, 0.15) is 17.3 Å². The van der Waals surface area contributed by atoms with Crippen molar-refractivity contribution in [2.75, 3.05) is 0 Å². The van der Waals surface area contributed by atoms with Crippen LogP contribution in [0.15, 0.2) is 60.9 Å². The second kappa shape index (κ2) is 5.05. The molecule has 0 aliphatic rings. The minimum atomic E-state index is -0.320. The number of aromatic nitrogens is 2. The van der Waals surface area contributed by atoms with E-state index in [-0.39, 0.29) is 11.6 Å². The molecule has 0 saturated heterocycles. The van der Waals surface area contributed by atoms with E-state index in [1.165, 1.54) is 35.1 Å². The quantitative estimate of drug-likeness (QED) is 0.792. The average molecular weight is 270 g/mol. The van der Waals surface area contributed by atoms with E-state index in [2.05, 4.69) is 5.10 Å². The second-order valence-electron chi connectivity index (χ2n) is 4.20. The fraction of sp³-hybridized carbons (Fsp3) is 0. The van der Waals surface area contributed by atoms with Gasteiger partial charge in [-0.3, -0.25) is 0 Å². The number of halogens is 1. The molecular weight excluding hydrogens is 259 g/mol. The standard InChI is InChI=1S/C15H11FN2O2/c16-11-2-1-3-12(8-11)18-10-15(9-17-18)20-14-6-4-13(19)5-7-14/h1-10,19H. The van der Waals surface area contributed by atoms with E-state index in [9.17, 15) is 9.50 Å². The zero-order valence-electron chi connectivity index (χ0n) is 10.4. The highest BCUT2D eigenvalue weighted by Gasteiger charge is 2.04. The number of hydrogen-bond acceptors (Lipinski definition) is 3. The van der Waals surface area contributed by atoms with Crippen LogP contribution in [0.25, 0.3) is 5.69 Å². The molecular formula is C15H11FN2O2. The van der Waals surface area contributed by atoms with Gasteiger partial charge < -0.3 is 9.84 Å². The highest BCUT2D eigenvalue weighted by Crippen LogP contribution is 2.23. The van der Waals surface area contributed by atoms with Gasteiger partial charge in [0.15, 0.2) is 5.75 Å². The fourth-order valence-corrected chi connectivity index (χ4v) is 1.77. The maximum absolute atomic E-state index is 13.1. The number of phenolic OH excluding ortho intramolecular Hbond substituents is 1. The van der Waals surface area contributed by atoms with E-state index < -0.39 is 0 Å². The molecule has 0 fully saturated rings. The lowest BCUT2D eigenvalue weighted by Crippen LogP contribution is -1.94. The van der Waals surface area contributed by atoms with Crippen molar-refractivity contribution in [3.8, 4) is 22.9 Å². The minimum absolute atomic E-state index is 0.174. The van der Waals surface area contributed by atoms with E-state index in [0.717, 1.165) is 0 Å². The zero-order valence-corrected chi connectivity index (χ0v) is 10.4. The van der Waals surface area contributed by atoms with Crippen LogP contribution in [-0.4, -0.2) is 14.9 Å². The molecule has 4 nitrogen and oxygen atoms in total. The number of nitrogens with zero attached hydrogens (tertiary/aromatic N) is 2. The second-order valence-corrected chi connectivity index (χ2v) is 4.20. The number of hydrogen-bond donors (Lipinski definition) is 1. The number of benzene rings is 2. The average Bonchev–Trinajstić information content (AvgIpc) is 2.90. The van der Waals surface area contributed by atoms with Crippen molar-refractivity contribution < 1.29 is 14.2 Å². The van der Waals surface area contributed by atoms with Crippen LogP contribution in [0.3, 0.4) is 0 Å². The Kier molecular flexibility index (Phi) is 3.09. The summed E-state index contributed by atoms with van der Waals surface area (Å²) in [4.78, 5) is 0. The molecule has 0 atom stereocenters. The van der Waals surface area contributed by atoms with Crippen molar-refractivity contribution in [1.82, 2.24) is 9.78 Å². The van der Waals surface area contributed by atoms with Gasteiger partial charge in [-0.25, -0.2) is 9.07 Å². The summed E-state index contributed by atoms with van der Waals surface area (Å²) in [6, 6.07) is 12.5. The first-order valence-corrected chi connectivity index (χ1v) is 5.98. The van der Waals surface area contributed by atoms with E-state index in [0.29, 0.717) is 17.2 Å². The molecule has 0 amide bonds. The summed E-state index contributed by atoms with van der Waals surface area (Å²) in [7, 11) is 0. The lowest BCUT2D eigenvalue weighted by Gasteiger charge is -2.02. The van der Waals surface area contributed by atoms with Crippen molar-refractivity contribution in [1.29, 1.82) is 0 Å². The molecule has 3 rings (SSSR count). The van der Waals surface area contributed by atoms with Crippen LogP contribution >= 0.6 is 0 Å². The van der Waals surface area contributed by atoms with Gasteiger partial charge >= 0.3 is 0 Å². The van der Waals surface area contributed by atoms with Crippen molar-refractivity contribution in [3.63, 3.8) is 0 Å². The monoisotopic (exact) mass is 270 g/mol. The maximum Gasteiger partial charge on any atom is 0.165 e. The molecule has 0 aliphatic carbocycles. The fourth-order valence-electron chi connectivity index (χ4n) is 1.77.